The highest BCUT2D eigenvalue weighted by Gasteiger charge is 2.19. The Morgan fingerprint density at radius 2 is 2.14 bits per heavy atom. The van der Waals surface area contributed by atoms with E-state index in [9.17, 15) is 14.9 Å². The number of nitrogens with one attached hydrogen (secondary N) is 1. The third-order valence-corrected chi connectivity index (χ3v) is 4.88. The quantitative estimate of drug-likeness (QED) is 0.505. The Kier molecular flexibility index (Phi) is 5.98. The number of anilines is 1. The lowest BCUT2D eigenvalue weighted by Gasteiger charge is -2.17. The molecule has 6 nitrogen and oxygen atoms in total. The number of hydrogen-bond acceptors (Lipinski definition) is 5. The van der Waals surface area contributed by atoms with Gasteiger partial charge in [0, 0.05) is 24.2 Å². The van der Waals surface area contributed by atoms with E-state index in [1.54, 1.807) is 0 Å². The Morgan fingerprint density at radius 1 is 1.45 bits per heavy atom. The van der Waals surface area contributed by atoms with Crippen molar-refractivity contribution in [2.45, 2.75) is 12.8 Å². The predicted octanol–water partition coefficient (Wildman–Crippen LogP) is 3.30. The van der Waals surface area contributed by atoms with Crippen LogP contribution in [0.2, 0.25) is 5.02 Å². The molecule has 1 aromatic rings. The highest BCUT2D eigenvalue weighted by atomic mass is 35.5. The Hall–Kier alpha value is -1.38. The van der Waals surface area contributed by atoms with Crippen LogP contribution in [0, 0.1) is 10.1 Å². The summed E-state index contributed by atoms with van der Waals surface area (Å²) in [4.78, 5) is 24.4. The molecule has 1 aromatic carbocycles. The Bertz CT molecular complexity index is 606. The van der Waals surface area contributed by atoms with Crippen molar-refractivity contribution >= 4 is 57.2 Å². The van der Waals surface area contributed by atoms with Gasteiger partial charge in [0.25, 0.3) is 5.69 Å². The molecular formula is C13H14ClN3O3S2. The van der Waals surface area contributed by atoms with Crippen LogP contribution in [-0.4, -0.2) is 38.9 Å². The molecule has 0 aliphatic carbocycles. The standard InChI is InChI=1S/C13H14ClN3O3S2/c14-9-3-4-11(17(19)20)10(7-9)15-12(18)8-22-13(21)16-5-1-2-6-16/h3-4,7H,1-2,5-6,8H2,(H,15,18). The molecule has 1 saturated heterocycles. The number of halogens is 1. The summed E-state index contributed by atoms with van der Waals surface area (Å²) in [5.41, 5.74) is -0.0972. The van der Waals surface area contributed by atoms with Crippen molar-refractivity contribution in [3.63, 3.8) is 0 Å². The molecule has 1 aliphatic heterocycles. The van der Waals surface area contributed by atoms with E-state index in [-0.39, 0.29) is 23.0 Å². The molecule has 1 amide bonds. The van der Waals surface area contributed by atoms with Crippen molar-refractivity contribution < 1.29 is 9.72 Å². The average Bonchev–Trinajstić information content (AvgIpc) is 2.98. The van der Waals surface area contributed by atoms with E-state index in [1.807, 2.05) is 0 Å². The summed E-state index contributed by atoms with van der Waals surface area (Å²) in [5.74, 6) is -0.240. The van der Waals surface area contributed by atoms with E-state index in [0.717, 1.165) is 25.9 Å². The molecule has 1 aliphatic rings. The summed E-state index contributed by atoms with van der Waals surface area (Å²) >= 11 is 12.3. The second kappa shape index (κ2) is 7.75. The number of thiocarbonyl (C=S) groups is 1. The lowest BCUT2D eigenvalue weighted by molar-refractivity contribution is -0.383. The molecule has 1 heterocycles. The van der Waals surface area contributed by atoms with Gasteiger partial charge in [-0.2, -0.15) is 0 Å². The number of likely N-dealkylation sites (tertiary alicyclic amines) is 1. The predicted molar refractivity (Wildman–Crippen MR) is 92.6 cm³/mol. The van der Waals surface area contributed by atoms with Gasteiger partial charge in [-0.3, -0.25) is 14.9 Å². The Morgan fingerprint density at radius 3 is 2.77 bits per heavy atom. The maximum atomic E-state index is 11.9. The largest absolute Gasteiger partial charge is 0.358 e. The van der Waals surface area contributed by atoms with Crippen LogP contribution in [0.5, 0.6) is 0 Å². The summed E-state index contributed by atoms with van der Waals surface area (Å²) in [5, 5.41) is 13.8. The van der Waals surface area contributed by atoms with Crippen LogP contribution in [0.15, 0.2) is 18.2 Å². The zero-order chi connectivity index (χ0) is 16.1. The fourth-order valence-corrected chi connectivity index (χ4v) is 3.30. The Balaban J connectivity index is 1.93. The normalized spacial score (nSPS) is 14.0. The summed E-state index contributed by atoms with van der Waals surface area (Å²) in [6.45, 7) is 1.85. The van der Waals surface area contributed by atoms with Gasteiger partial charge in [0.2, 0.25) is 5.91 Å². The van der Waals surface area contributed by atoms with Gasteiger partial charge in [-0.25, -0.2) is 0 Å². The van der Waals surface area contributed by atoms with E-state index < -0.39 is 4.92 Å². The first-order valence-corrected chi connectivity index (χ1v) is 8.40. The second-order valence-corrected chi connectivity index (χ2v) is 6.76. The minimum Gasteiger partial charge on any atom is -0.358 e. The van der Waals surface area contributed by atoms with Gasteiger partial charge in [0.1, 0.15) is 10.0 Å². The van der Waals surface area contributed by atoms with E-state index in [0.29, 0.717) is 9.34 Å². The molecule has 0 radical (unpaired) electrons. The van der Waals surface area contributed by atoms with E-state index in [4.69, 9.17) is 23.8 Å². The van der Waals surface area contributed by atoms with Crippen LogP contribution in [0.3, 0.4) is 0 Å². The van der Waals surface area contributed by atoms with E-state index in [2.05, 4.69) is 10.2 Å². The number of hydrogen-bond donors (Lipinski definition) is 1. The van der Waals surface area contributed by atoms with Gasteiger partial charge in [-0.15, -0.1) is 0 Å². The summed E-state index contributed by atoms with van der Waals surface area (Å²) < 4.78 is 0.688. The number of benzene rings is 1. The topological polar surface area (TPSA) is 75.5 Å². The molecule has 22 heavy (non-hydrogen) atoms. The molecule has 1 fully saturated rings. The molecule has 0 unspecified atom stereocenters. The molecule has 0 spiro atoms. The minimum atomic E-state index is -0.562. The first-order chi connectivity index (χ1) is 10.5. The molecule has 0 saturated carbocycles. The molecule has 9 heteroatoms. The van der Waals surface area contributed by atoms with Gasteiger partial charge >= 0.3 is 0 Å². The third-order valence-electron chi connectivity index (χ3n) is 3.12. The molecule has 2 rings (SSSR count). The van der Waals surface area contributed by atoms with Crippen LogP contribution in [0.4, 0.5) is 11.4 Å². The number of carbonyl (C=O) groups excluding carboxylic acids is 1. The number of rotatable bonds is 4. The highest BCUT2D eigenvalue weighted by Crippen LogP contribution is 2.28. The van der Waals surface area contributed by atoms with Crippen molar-refractivity contribution in [3.05, 3.63) is 33.3 Å². The molecule has 0 bridgehead atoms. The molecule has 118 valence electrons. The lowest BCUT2D eigenvalue weighted by atomic mass is 10.2. The van der Waals surface area contributed by atoms with Crippen molar-refractivity contribution in [3.8, 4) is 0 Å². The van der Waals surface area contributed by atoms with E-state index in [1.165, 1.54) is 30.0 Å². The summed E-state index contributed by atoms with van der Waals surface area (Å²) in [6, 6.07) is 4.04. The average molecular weight is 360 g/mol. The molecular weight excluding hydrogens is 346 g/mol. The van der Waals surface area contributed by atoms with E-state index >= 15 is 0 Å². The first-order valence-electron chi connectivity index (χ1n) is 6.63. The maximum Gasteiger partial charge on any atom is 0.292 e. The third kappa shape index (κ3) is 4.56. The lowest BCUT2D eigenvalue weighted by Crippen LogP contribution is -2.25. The summed E-state index contributed by atoms with van der Waals surface area (Å²) in [7, 11) is 0. The maximum absolute atomic E-state index is 11.9. The monoisotopic (exact) mass is 359 g/mol. The zero-order valence-electron chi connectivity index (χ0n) is 11.6. The van der Waals surface area contributed by atoms with Crippen molar-refractivity contribution in [1.29, 1.82) is 0 Å². The van der Waals surface area contributed by atoms with Crippen LogP contribution >= 0.6 is 35.6 Å². The highest BCUT2D eigenvalue weighted by molar-refractivity contribution is 8.23. The van der Waals surface area contributed by atoms with Crippen LogP contribution in [0.1, 0.15) is 12.8 Å². The van der Waals surface area contributed by atoms with Gasteiger partial charge in [0.05, 0.1) is 10.7 Å². The van der Waals surface area contributed by atoms with Crippen molar-refractivity contribution in [2.24, 2.45) is 0 Å². The molecule has 0 atom stereocenters. The van der Waals surface area contributed by atoms with Crippen LogP contribution in [0.25, 0.3) is 0 Å². The van der Waals surface area contributed by atoms with Crippen molar-refractivity contribution in [2.75, 3.05) is 24.2 Å². The van der Waals surface area contributed by atoms with Gasteiger partial charge in [-0.05, 0) is 25.0 Å². The first kappa shape index (κ1) is 17.0. The van der Waals surface area contributed by atoms with Crippen LogP contribution in [-0.2, 0) is 4.79 Å². The number of nitro groups is 1. The zero-order valence-corrected chi connectivity index (χ0v) is 14.0. The molecule has 1 N–H and O–H groups in total. The fraction of sp³-hybridized carbons (Fsp3) is 0.385. The van der Waals surface area contributed by atoms with Gasteiger partial charge in [-0.1, -0.05) is 35.6 Å². The second-order valence-electron chi connectivity index (χ2n) is 4.72. The van der Waals surface area contributed by atoms with Crippen LogP contribution < -0.4 is 5.32 Å². The van der Waals surface area contributed by atoms with Gasteiger partial charge < -0.3 is 10.2 Å². The number of carbonyl (C=O) groups is 1. The minimum absolute atomic E-state index is 0.0928. The van der Waals surface area contributed by atoms with Gasteiger partial charge in [0.15, 0.2) is 0 Å². The Labute approximate surface area is 142 Å². The number of thioether (sulfide) groups is 1. The number of nitro benzene ring substituents is 1. The fourth-order valence-electron chi connectivity index (χ4n) is 2.07. The number of amides is 1. The smallest absolute Gasteiger partial charge is 0.292 e. The van der Waals surface area contributed by atoms with Crippen molar-refractivity contribution in [1.82, 2.24) is 4.90 Å². The molecule has 0 aromatic heterocycles. The SMILES string of the molecule is O=C(CSC(=S)N1CCCC1)Nc1cc(Cl)ccc1[N+](=O)[O-]. The number of nitrogens with zero attached hydrogens (tertiary/aromatic N) is 2. The summed E-state index contributed by atoms with van der Waals surface area (Å²) in [6.07, 6.45) is 2.23.